The summed E-state index contributed by atoms with van der Waals surface area (Å²) in [5, 5.41) is 0.609. The largest absolute Gasteiger partial charge is 0.275 e. The molecule has 1 aromatic rings. The zero-order valence-corrected chi connectivity index (χ0v) is 9.69. The first kappa shape index (κ1) is 11.1. The number of carbonyl (C=O) groups excluding carboxylic acids is 2. The van der Waals surface area contributed by atoms with Gasteiger partial charge in [-0.15, -0.1) is 0 Å². The molecule has 0 aliphatic carbocycles. The Morgan fingerprint density at radius 3 is 2.43 bits per heavy atom. The van der Waals surface area contributed by atoms with Gasteiger partial charge in [0.25, 0.3) is 5.91 Å². The maximum Gasteiger partial charge on any atom is 0.275 e. The molecule has 1 rings (SSSR count). The van der Waals surface area contributed by atoms with Crippen LogP contribution in [0, 0.1) is 3.57 Å². The first-order valence-electron chi connectivity index (χ1n) is 3.88. The van der Waals surface area contributed by atoms with Crippen molar-refractivity contribution in [2.24, 2.45) is 5.84 Å². The number of nitrogens with zero attached hydrogens (tertiary/aromatic N) is 1. The second kappa shape index (κ2) is 4.52. The Morgan fingerprint density at radius 1 is 1.36 bits per heavy atom. The summed E-state index contributed by atoms with van der Waals surface area (Å²) in [6.07, 6.45) is 0. The number of nitrogens with two attached hydrogens (primary N) is 1. The van der Waals surface area contributed by atoms with E-state index >= 15 is 0 Å². The molecule has 0 radical (unpaired) electrons. The maximum atomic E-state index is 11.6. The van der Waals surface area contributed by atoms with Gasteiger partial charge in [0.1, 0.15) is 0 Å². The summed E-state index contributed by atoms with van der Waals surface area (Å²) in [5.41, 5.74) is 0.436. The lowest BCUT2D eigenvalue weighted by atomic mass is 10.2. The molecular formula is C9H9IN2O2. The fourth-order valence-electron chi connectivity index (χ4n) is 0.907. The topological polar surface area (TPSA) is 63.4 Å². The number of hydrogen-bond acceptors (Lipinski definition) is 3. The Kier molecular flexibility index (Phi) is 3.59. The van der Waals surface area contributed by atoms with Gasteiger partial charge >= 0.3 is 0 Å². The molecule has 2 amide bonds. The van der Waals surface area contributed by atoms with Crippen molar-refractivity contribution in [3.05, 3.63) is 33.4 Å². The number of carbonyl (C=O) groups is 2. The van der Waals surface area contributed by atoms with E-state index in [0.29, 0.717) is 10.6 Å². The Morgan fingerprint density at radius 2 is 1.93 bits per heavy atom. The van der Waals surface area contributed by atoms with Crippen molar-refractivity contribution in [2.75, 3.05) is 0 Å². The van der Waals surface area contributed by atoms with Crippen LogP contribution in [0.1, 0.15) is 17.3 Å². The number of amides is 2. The smallest absolute Gasteiger partial charge is 0.273 e. The van der Waals surface area contributed by atoms with Gasteiger partial charge in [-0.1, -0.05) is 12.1 Å². The highest BCUT2D eigenvalue weighted by Gasteiger charge is 2.17. The lowest BCUT2D eigenvalue weighted by molar-refractivity contribution is -0.126. The van der Waals surface area contributed by atoms with Gasteiger partial charge in [0.15, 0.2) is 0 Å². The normalized spacial score (nSPS) is 9.64. The van der Waals surface area contributed by atoms with Crippen LogP contribution in [0.15, 0.2) is 24.3 Å². The predicted octanol–water partition coefficient (Wildman–Crippen LogP) is 1.15. The van der Waals surface area contributed by atoms with Gasteiger partial charge in [-0.2, -0.15) is 0 Å². The summed E-state index contributed by atoms with van der Waals surface area (Å²) >= 11 is 2.02. The first-order chi connectivity index (χ1) is 6.54. The minimum atomic E-state index is -0.484. The zero-order chi connectivity index (χ0) is 10.7. The van der Waals surface area contributed by atoms with Gasteiger partial charge in [0.05, 0.1) is 5.56 Å². The summed E-state index contributed by atoms with van der Waals surface area (Å²) in [4.78, 5) is 22.4. The van der Waals surface area contributed by atoms with Crippen LogP contribution in [0.5, 0.6) is 0 Å². The molecular weight excluding hydrogens is 295 g/mol. The average molecular weight is 304 g/mol. The van der Waals surface area contributed by atoms with Crippen LogP contribution in [-0.2, 0) is 4.79 Å². The lowest BCUT2D eigenvalue weighted by Crippen LogP contribution is -2.41. The van der Waals surface area contributed by atoms with Crippen LogP contribution in [0.2, 0.25) is 0 Å². The molecule has 0 aliphatic heterocycles. The second-order valence-electron chi connectivity index (χ2n) is 2.67. The minimum absolute atomic E-state index is 0.436. The summed E-state index contributed by atoms with van der Waals surface area (Å²) in [6.45, 7) is 1.24. The van der Waals surface area contributed by atoms with E-state index in [4.69, 9.17) is 5.84 Å². The fourth-order valence-corrected chi connectivity index (χ4v) is 1.53. The molecule has 0 bridgehead atoms. The van der Waals surface area contributed by atoms with Crippen LogP contribution in [0.4, 0.5) is 0 Å². The second-order valence-corrected chi connectivity index (χ2v) is 3.84. The molecule has 0 spiro atoms. The van der Waals surface area contributed by atoms with Gasteiger partial charge in [0, 0.05) is 10.5 Å². The highest BCUT2D eigenvalue weighted by Crippen LogP contribution is 2.12. The number of rotatable bonds is 1. The van der Waals surface area contributed by atoms with Crippen molar-refractivity contribution in [1.29, 1.82) is 0 Å². The maximum absolute atomic E-state index is 11.6. The molecule has 0 saturated heterocycles. The van der Waals surface area contributed by atoms with Crippen LogP contribution >= 0.6 is 22.6 Å². The SMILES string of the molecule is CC(=O)N(N)C(=O)c1ccccc1I. The highest BCUT2D eigenvalue weighted by molar-refractivity contribution is 14.1. The van der Waals surface area contributed by atoms with Crippen LogP contribution < -0.4 is 5.84 Å². The standard InChI is InChI=1S/C9H9IN2O2/c1-6(13)12(11)9(14)7-4-2-3-5-8(7)10/h2-5H,11H2,1H3. The third kappa shape index (κ3) is 2.30. The lowest BCUT2D eigenvalue weighted by Gasteiger charge is -2.12. The fraction of sp³-hybridized carbons (Fsp3) is 0.111. The zero-order valence-electron chi connectivity index (χ0n) is 7.53. The van der Waals surface area contributed by atoms with Crippen molar-refractivity contribution < 1.29 is 9.59 Å². The van der Waals surface area contributed by atoms with E-state index in [1.54, 1.807) is 18.2 Å². The third-order valence-electron chi connectivity index (χ3n) is 1.66. The number of hydrogen-bond donors (Lipinski definition) is 1. The van der Waals surface area contributed by atoms with Gasteiger partial charge in [0.2, 0.25) is 5.91 Å². The van der Waals surface area contributed by atoms with Gasteiger partial charge in [-0.3, -0.25) is 9.59 Å². The molecule has 1 aromatic carbocycles. The Labute approximate surface area is 95.2 Å². The summed E-state index contributed by atoms with van der Waals surface area (Å²) in [7, 11) is 0. The summed E-state index contributed by atoms with van der Waals surface area (Å²) in [6, 6.07) is 6.95. The molecule has 0 aromatic heterocycles. The number of hydrazine groups is 1. The summed E-state index contributed by atoms with van der Waals surface area (Å²) in [5.74, 6) is 4.33. The molecule has 2 N–H and O–H groups in total. The van der Waals surface area contributed by atoms with Gasteiger partial charge in [-0.05, 0) is 34.7 Å². The van der Waals surface area contributed by atoms with E-state index < -0.39 is 11.8 Å². The highest BCUT2D eigenvalue weighted by atomic mass is 127. The molecule has 0 aliphatic rings. The van der Waals surface area contributed by atoms with Crippen LogP contribution in [-0.4, -0.2) is 16.8 Å². The van der Waals surface area contributed by atoms with E-state index in [9.17, 15) is 9.59 Å². The predicted molar refractivity (Wildman–Crippen MR) is 60.2 cm³/mol. The van der Waals surface area contributed by atoms with Crippen molar-refractivity contribution >= 4 is 34.4 Å². The Balaban J connectivity index is 3.01. The minimum Gasteiger partial charge on any atom is -0.273 e. The molecule has 0 fully saturated rings. The van der Waals surface area contributed by atoms with Crippen molar-refractivity contribution in [2.45, 2.75) is 6.92 Å². The van der Waals surface area contributed by atoms with E-state index in [-0.39, 0.29) is 0 Å². The van der Waals surface area contributed by atoms with Crippen molar-refractivity contribution in [3.63, 3.8) is 0 Å². The molecule has 0 unspecified atom stereocenters. The quantitative estimate of drug-likeness (QED) is 0.366. The van der Waals surface area contributed by atoms with E-state index in [2.05, 4.69) is 0 Å². The number of benzene rings is 1. The molecule has 4 nitrogen and oxygen atoms in total. The van der Waals surface area contributed by atoms with E-state index in [1.165, 1.54) is 6.92 Å². The summed E-state index contributed by atoms with van der Waals surface area (Å²) < 4.78 is 0.770. The molecule has 5 heteroatoms. The van der Waals surface area contributed by atoms with Crippen LogP contribution in [0.3, 0.4) is 0 Å². The van der Waals surface area contributed by atoms with E-state index in [0.717, 1.165) is 3.57 Å². The van der Waals surface area contributed by atoms with Gasteiger partial charge < -0.3 is 0 Å². The molecule has 0 atom stereocenters. The van der Waals surface area contributed by atoms with E-state index in [1.807, 2.05) is 28.7 Å². The number of imide groups is 1. The molecule has 74 valence electrons. The van der Waals surface area contributed by atoms with Crippen molar-refractivity contribution in [3.8, 4) is 0 Å². The monoisotopic (exact) mass is 304 g/mol. The Hall–Kier alpha value is -0.950. The first-order valence-corrected chi connectivity index (χ1v) is 4.96. The van der Waals surface area contributed by atoms with Crippen molar-refractivity contribution in [1.82, 2.24) is 5.01 Å². The average Bonchev–Trinajstić information content (AvgIpc) is 2.16. The molecule has 0 saturated carbocycles. The van der Waals surface area contributed by atoms with Gasteiger partial charge in [-0.25, -0.2) is 10.9 Å². The molecule has 0 heterocycles. The molecule has 14 heavy (non-hydrogen) atoms. The number of halogens is 1. The third-order valence-corrected chi connectivity index (χ3v) is 2.60. The van der Waals surface area contributed by atoms with Crippen LogP contribution in [0.25, 0.3) is 0 Å². The Bertz CT molecular complexity index is 379.